The molecule has 0 saturated carbocycles. The van der Waals surface area contributed by atoms with Gasteiger partial charge >= 0.3 is 12.0 Å². The van der Waals surface area contributed by atoms with E-state index < -0.39 is 5.97 Å². The fourth-order valence-corrected chi connectivity index (χ4v) is 2.11. The van der Waals surface area contributed by atoms with E-state index in [1.807, 2.05) is 13.8 Å². The number of carbonyl (C=O) groups excluding carboxylic acids is 1. The summed E-state index contributed by atoms with van der Waals surface area (Å²) in [5.41, 5.74) is -0.456. The van der Waals surface area contributed by atoms with Crippen molar-refractivity contribution in [2.75, 3.05) is 26.3 Å². The van der Waals surface area contributed by atoms with Gasteiger partial charge < -0.3 is 20.1 Å². The summed E-state index contributed by atoms with van der Waals surface area (Å²) in [5.74, 6) is -1.12. The second-order valence-corrected chi connectivity index (χ2v) is 5.42. The molecule has 2 heterocycles. The van der Waals surface area contributed by atoms with E-state index in [2.05, 4.69) is 15.6 Å². The van der Waals surface area contributed by atoms with Crippen molar-refractivity contribution in [2.24, 2.45) is 0 Å². The summed E-state index contributed by atoms with van der Waals surface area (Å²) in [7, 11) is 0. The molecule has 0 unspecified atom stereocenters. The Morgan fingerprint density at radius 1 is 1.52 bits per heavy atom. The van der Waals surface area contributed by atoms with Crippen LogP contribution in [0.15, 0.2) is 6.20 Å². The zero-order valence-electron chi connectivity index (χ0n) is 12.1. The van der Waals surface area contributed by atoms with Crippen LogP contribution in [0.3, 0.4) is 0 Å². The Balaban J connectivity index is 1.82. The smallest absolute Gasteiger partial charge is 0.358 e. The molecule has 1 aromatic heterocycles. The van der Waals surface area contributed by atoms with Crippen LogP contribution in [0.2, 0.25) is 0 Å². The van der Waals surface area contributed by atoms with Crippen LogP contribution in [0.25, 0.3) is 0 Å². The third-order valence-corrected chi connectivity index (χ3v) is 3.27. The zero-order chi connectivity index (χ0) is 15.5. The van der Waals surface area contributed by atoms with Crippen molar-refractivity contribution in [1.29, 1.82) is 0 Å². The highest BCUT2D eigenvalue weighted by Gasteiger charge is 2.33. The monoisotopic (exact) mass is 297 g/mol. The van der Waals surface area contributed by atoms with Gasteiger partial charge in [-0.25, -0.2) is 14.3 Å². The third kappa shape index (κ3) is 3.69. The number of nitrogens with zero attached hydrogens (tertiary/aromatic N) is 4. The van der Waals surface area contributed by atoms with Crippen LogP contribution in [0.4, 0.5) is 4.79 Å². The number of carboxylic acid groups (broad SMARTS) is 1. The van der Waals surface area contributed by atoms with E-state index >= 15 is 0 Å². The Bertz CT molecular complexity index is 527. The molecule has 2 N–H and O–H groups in total. The SMILES string of the molecule is CC1(C)COCCN1C(=O)NCCn1cc(C(=O)O)nn1. The van der Waals surface area contributed by atoms with Crippen molar-refractivity contribution in [2.45, 2.75) is 25.9 Å². The molecular formula is C12H19N5O4. The highest BCUT2D eigenvalue weighted by atomic mass is 16.5. The van der Waals surface area contributed by atoms with Crippen molar-refractivity contribution in [1.82, 2.24) is 25.2 Å². The number of morpholine rings is 1. The van der Waals surface area contributed by atoms with Crippen LogP contribution in [-0.2, 0) is 11.3 Å². The minimum Gasteiger partial charge on any atom is -0.476 e. The highest BCUT2D eigenvalue weighted by Crippen LogP contribution is 2.18. The maximum Gasteiger partial charge on any atom is 0.358 e. The van der Waals surface area contributed by atoms with Crippen molar-refractivity contribution >= 4 is 12.0 Å². The van der Waals surface area contributed by atoms with Gasteiger partial charge in [-0.1, -0.05) is 5.21 Å². The molecule has 0 radical (unpaired) electrons. The second-order valence-electron chi connectivity index (χ2n) is 5.42. The number of nitrogens with one attached hydrogen (secondary N) is 1. The molecule has 2 amide bonds. The number of ether oxygens (including phenoxy) is 1. The van der Waals surface area contributed by atoms with Crippen LogP contribution < -0.4 is 5.32 Å². The number of carboxylic acids is 1. The summed E-state index contributed by atoms with van der Waals surface area (Å²) >= 11 is 0. The summed E-state index contributed by atoms with van der Waals surface area (Å²) in [6.45, 7) is 6.18. The highest BCUT2D eigenvalue weighted by molar-refractivity contribution is 5.84. The van der Waals surface area contributed by atoms with E-state index in [-0.39, 0.29) is 17.3 Å². The average Bonchev–Trinajstić information content (AvgIpc) is 2.87. The maximum atomic E-state index is 12.1. The molecule has 1 aromatic rings. The number of carbonyl (C=O) groups is 2. The standard InChI is InChI=1S/C12H19N5O4/c1-12(2)8-21-6-5-17(12)11(20)13-3-4-16-7-9(10(18)19)14-15-16/h7H,3-6,8H2,1-2H3,(H,13,20)(H,18,19). The fourth-order valence-electron chi connectivity index (χ4n) is 2.11. The summed E-state index contributed by atoms with van der Waals surface area (Å²) in [6.07, 6.45) is 1.33. The van der Waals surface area contributed by atoms with E-state index in [1.54, 1.807) is 4.90 Å². The first-order chi connectivity index (χ1) is 9.90. The number of hydrogen-bond donors (Lipinski definition) is 2. The normalized spacial score (nSPS) is 17.5. The van der Waals surface area contributed by atoms with E-state index in [0.717, 1.165) is 0 Å². The van der Waals surface area contributed by atoms with Crippen LogP contribution >= 0.6 is 0 Å². The molecule has 9 heteroatoms. The van der Waals surface area contributed by atoms with Crippen LogP contribution in [-0.4, -0.2) is 68.8 Å². The first kappa shape index (κ1) is 15.2. The summed E-state index contributed by atoms with van der Waals surface area (Å²) in [5, 5.41) is 18.7. The molecule has 21 heavy (non-hydrogen) atoms. The average molecular weight is 297 g/mol. The van der Waals surface area contributed by atoms with Crippen LogP contribution in [0, 0.1) is 0 Å². The molecule has 1 fully saturated rings. The number of amides is 2. The van der Waals surface area contributed by atoms with Gasteiger partial charge in [0, 0.05) is 13.1 Å². The van der Waals surface area contributed by atoms with E-state index in [0.29, 0.717) is 32.8 Å². The molecule has 0 spiro atoms. The topological polar surface area (TPSA) is 110 Å². The lowest BCUT2D eigenvalue weighted by molar-refractivity contribution is -0.0278. The summed E-state index contributed by atoms with van der Waals surface area (Å²) < 4.78 is 6.75. The zero-order valence-corrected chi connectivity index (χ0v) is 12.1. The van der Waals surface area contributed by atoms with E-state index in [9.17, 15) is 9.59 Å². The molecule has 1 saturated heterocycles. The second kappa shape index (κ2) is 6.08. The molecule has 0 aliphatic carbocycles. The molecule has 0 atom stereocenters. The lowest BCUT2D eigenvalue weighted by Gasteiger charge is -2.41. The maximum absolute atomic E-state index is 12.1. The summed E-state index contributed by atoms with van der Waals surface area (Å²) in [6, 6.07) is -0.165. The number of aromatic nitrogens is 3. The third-order valence-electron chi connectivity index (χ3n) is 3.27. The first-order valence-corrected chi connectivity index (χ1v) is 6.67. The number of rotatable bonds is 4. The van der Waals surface area contributed by atoms with Gasteiger partial charge in [-0.15, -0.1) is 5.10 Å². The Morgan fingerprint density at radius 3 is 2.90 bits per heavy atom. The molecule has 116 valence electrons. The largest absolute Gasteiger partial charge is 0.476 e. The lowest BCUT2D eigenvalue weighted by atomic mass is 10.0. The molecule has 2 rings (SSSR count). The lowest BCUT2D eigenvalue weighted by Crippen LogP contribution is -2.58. The molecule has 1 aliphatic rings. The predicted octanol–water partition coefficient (Wildman–Crippen LogP) is -0.203. The Kier molecular flexibility index (Phi) is 4.41. The van der Waals surface area contributed by atoms with Gasteiger partial charge in [0.1, 0.15) is 0 Å². The number of urea groups is 1. The van der Waals surface area contributed by atoms with Crippen molar-refractivity contribution < 1.29 is 19.4 Å². The molecule has 0 aromatic carbocycles. The van der Waals surface area contributed by atoms with Gasteiger partial charge in [-0.3, -0.25) is 0 Å². The van der Waals surface area contributed by atoms with Gasteiger partial charge in [0.15, 0.2) is 5.69 Å². The minimum absolute atomic E-state index is 0.115. The van der Waals surface area contributed by atoms with Gasteiger partial charge in [-0.2, -0.15) is 0 Å². The van der Waals surface area contributed by atoms with Crippen molar-refractivity contribution in [3.63, 3.8) is 0 Å². The summed E-state index contributed by atoms with van der Waals surface area (Å²) in [4.78, 5) is 24.5. The molecule has 9 nitrogen and oxygen atoms in total. The molecule has 1 aliphatic heterocycles. The Labute approximate surface area is 121 Å². The number of aromatic carboxylic acids is 1. The minimum atomic E-state index is -1.12. The fraction of sp³-hybridized carbons (Fsp3) is 0.667. The van der Waals surface area contributed by atoms with Gasteiger partial charge in [0.2, 0.25) is 0 Å². The van der Waals surface area contributed by atoms with Crippen molar-refractivity contribution in [3.05, 3.63) is 11.9 Å². The predicted molar refractivity (Wildman–Crippen MR) is 72.0 cm³/mol. The van der Waals surface area contributed by atoms with Gasteiger partial charge in [0.25, 0.3) is 0 Å². The Morgan fingerprint density at radius 2 is 2.29 bits per heavy atom. The van der Waals surface area contributed by atoms with E-state index in [4.69, 9.17) is 9.84 Å². The van der Waals surface area contributed by atoms with Crippen LogP contribution in [0.1, 0.15) is 24.3 Å². The van der Waals surface area contributed by atoms with E-state index in [1.165, 1.54) is 10.9 Å². The molecular weight excluding hydrogens is 278 g/mol. The molecule has 0 bridgehead atoms. The van der Waals surface area contributed by atoms with Gasteiger partial charge in [-0.05, 0) is 13.8 Å². The van der Waals surface area contributed by atoms with Crippen molar-refractivity contribution in [3.8, 4) is 0 Å². The van der Waals surface area contributed by atoms with Crippen LogP contribution in [0.5, 0.6) is 0 Å². The van der Waals surface area contributed by atoms with Gasteiger partial charge in [0.05, 0.1) is 31.5 Å². The Hall–Kier alpha value is -2.16. The quantitative estimate of drug-likeness (QED) is 0.796. The first-order valence-electron chi connectivity index (χ1n) is 6.67. The number of hydrogen-bond acceptors (Lipinski definition) is 5.